The van der Waals surface area contributed by atoms with Gasteiger partial charge in [-0.25, -0.2) is 0 Å². The first-order valence-electron chi connectivity index (χ1n) is 7.54. The molecule has 4 heteroatoms. The summed E-state index contributed by atoms with van der Waals surface area (Å²) < 4.78 is 11.7. The van der Waals surface area contributed by atoms with Crippen LogP contribution < -0.4 is 4.74 Å². The first kappa shape index (κ1) is 14.9. The Hall–Kier alpha value is -2.07. The molecule has 1 atom stereocenters. The van der Waals surface area contributed by atoms with Gasteiger partial charge in [-0.05, 0) is 12.8 Å². The quantitative estimate of drug-likeness (QED) is 0.875. The Morgan fingerprint density at radius 3 is 2.68 bits per heavy atom. The van der Waals surface area contributed by atoms with Crippen molar-refractivity contribution in [3.05, 3.63) is 35.4 Å². The molecular formula is C18H20O4. The van der Waals surface area contributed by atoms with E-state index in [4.69, 9.17) is 9.47 Å². The number of hydrogen-bond donors (Lipinski definition) is 1. The van der Waals surface area contributed by atoms with E-state index in [1.807, 2.05) is 18.2 Å². The van der Waals surface area contributed by atoms with Gasteiger partial charge in [0.2, 0.25) is 6.29 Å². The van der Waals surface area contributed by atoms with Crippen molar-refractivity contribution in [1.82, 2.24) is 0 Å². The van der Waals surface area contributed by atoms with Gasteiger partial charge in [0.25, 0.3) is 0 Å². The summed E-state index contributed by atoms with van der Waals surface area (Å²) in [6.07, 6.45) is 0.0794. The van der Waals surface area contributed by atoms with Gasteiger partial charge < -0.3 is 14.6 Å². The summed E-state index contributed by atoms with van der Waals surface area (Å²) in [7, 11) is 0. The Labute approximate surface area is 129 Å². The van der Waals surface area contributed by atoms with Crippen LogP contribution in [-0.4, -0.2) is 23.8 Å². The van der Waals surface area contributed by atoms with Crippen LogP contribution in [-0.2, 0) is 11.2 Å². The number of rotatable bonds is 4. The van der Waals surface area contributed by atoms with Crippen molar-refractivity contribution in [3.8, 4) is 11.5 Å². The molecular weight excluding hydrogens is 280 g/mol. The zero-order chi connectivity index (χ0) is 15.9. The lowest BCUT2D eigenvalue weighted by atomic mass is 9.95. The second-order valence-electron chi connectivity index (χ2n) is 6.11. The van der Waals surface area contributed by atoms with E-state index >= 15 is 0 Å². The number of Topliss-reactive ketones (excluding diaryl/α,β-unsaturated/α-hetero) is 1. The summed E-state index contributed by atoms with van der Waals surface area (Å²) in [6.45, 7) is 6.21. The Kier molecular flexibility index (Phi) is 3.79. The van der Waals surface area contributed by atoms with Crippen molar-refractivity contribution >= 4 is 16.6 Å². The third-order valence-corrected chi connectivity index (χ3v) is 3.83. The summed E-state index contributed by atoms with van der Waals surface area (Å²) in [5.41, 5.74) is 1.10. The lowest BCUT2D eigenvalue weighted by Gasteiger charge is -2.14. The van der Waals surface area contributed by atoms with Gasteiger partial charge in [0.1, 0.15) is 11.5 Å². The molecule has 4 nitrogen and oxygen atoms in total. The molecule has 0 radical (unpaired) electrons. The Morgan fingerprint density at radius 2 is 2.05 bits per heavy atom. The van der Waals surface area contributed by atoms with E-state index in [1.54, 1.807) is 6.07 Å². The number of hydrogen-bond acceptors (Lipinski definition) is 4. The number of benzene rings is 2. The Morgan fingerprint density at radius 1 is 1.36 bits per heavy atom. The third-order valence-electron chi connectivity index (χ3n) is 3.83. The predicted octanol–water partition coefficient (Wildman–Crippen LogP) is 3.68. The van der Waals surface area contributed by atoms with E-state index in [2.05, 4.69) is 13.8 Å². The van der Waals surface area contributed by atoms with E-state index in [0.717, 1.165) is 10.9 Å². The Bertz CT molecular complexity index is 733. The fourth-order valence-corrected chi connectivity index (χ4v) is 2.88. The third kappa shape index (κ3) is 2.44. The number of aromatic hydroxyl groups is 1. The van der Waals surface area contributed by atoms with Gasteiger partial charge in [0.15, 0.2) is 5.78 Å². The average Bonchev–Trinajstić information content (AvgIpc) is 2.89. The SMILES string of the molecule is CC(=O)c1c2c(c3ccccc3c1O)OC(OCC(C)C)C2. The summed E-state index contributed by atoms with van der Waals surface area (Å²) >= 11 is 0. The van der Waals surface area contributed by atoms with Crippen molar-refractivity contribution in [1.29, 1.82) is 0 Å². The smallest absolute Gasteiger partial charge is 0.204 e. The maximum absolute atomic E-state index is 12.0. The van der Waals surface area contributed by atoms with Crippen LogP contribution in [0.4, 0.5) is 0 Å². The summed E-state index contributed by atoms with van der Waals surface area (Å²) in [6, 6.07) is 7.41. The first-order valence-corrected chi connectivity index (χ1v) is 7.54. The van der Waals surface area contributed by atoms with E-state index in [0.29, 0.717) is 35.6 Å². The molecule has 0 saturated carbocycles. The fourth-order valence-electron chi connectivity index (χ4n) is 2.88. The molecule has 1 aliphatic heterocycles. The number of carbonyl (C=O) groups excluding carboxylic acids is 1. The molecule has 0 spiro atoms. The molecule has 0 fully saturated rings. The van der Waals surface area contributed by atoms with Crippen LogP contribution in [0.25, 0.3) is 10.8 Å². The van der Waals surface area contributed by atoms with Crippen LogP contribution in [0.1, 0.15) is 36.7 Å². The minimum atomic E-state index is -0.402. The molecule has 0 amide bonds. The largest absolute Gasteiger partial charge is 0.507 e. The maximum atomic E-state index is 12.0. The topological polar surface area (TPSA) is 55.8 Å². The van der Waals surface area contributed by atoms with Gasteiger partial charge in [0.05, 0.1) is 12.2 Å². The molecule has 2 aromatic carbocycles. The standard InChI is InChI=1S/C18H20O4/c1-10(2)9-21-15-8-14-16(11(3)19)17(20)12-6-4-5-7-13(12)18(14)22-15/h4-7,10,15,20H,8-9H2,1-3H3. The fraction of sp³-hybridized carbons (Fsp3) is 0.389. The van der Waals surface area contributed by atoms with Crippen LogP contribution in [0.5, 0.6) is 11.5 Å². The zero-order valence-corrected chi connectivity index (χ0v) is 13.1. The zero-order valence-electron chi connectivity index (χ0n) is 13.1. The second kappa shape index (κ2) is 5.61. The number of fused-ring (bicyclic) bond motifs is 3. The lowest BCUT2D eigenvalue weighted by Crippen LogP contribution is -2.20. The second-order valence-corrected chi connectivity index (χ2v) is 6.11. The normalized spacial score (nSPS) is 16.8. The summed E-state index contributed by atoms with van der Waals surface area (Å²) in [5.74, 6) is 0.944. The highest BCUT2D eigenvalue weighted by Gasteiger charge is 2.32. The highest BCUT2D eigenvalue weighted by atomic mass is 16.7. The van der Waals surface area contributed by atoms with Crippen molar-refractivity contribution < 1.29 is 19.4 Å². The molecule has 1 heterocycles. The Balaban J connectivity index is 2.09. The molecule has 0 bridgehead atoms. The molecule has 1 N–H and O–H groups in total. The molecule has 0 aliphatic carbocycles. The molecule has 2 aromatic rings. The summed E-state index contributed by atoms with van der Waals surface area (Å²) in [4.78, 5) is 12.0. The number of carbonyl (C=O) groups is 1. The maximum Gasteiger partial charge on any atom is 0.204 e. The molecule has 1 aliphatic rings. The highest BCUT2D eigenvalue weighted by Crippen LogP contribution is 2.44. The molecule has 1 unspecified atom stereocenters. The minimum absolute atomic E-state index is 0.0370. The summed E-state index contributed by atoms with van der Waals surface area (Å²) in [5, 5.41) is 11.9. The van der Waals surface area contributed by atoms with Gasteiger partial charge in [-0.2, -0.15) is 0 Å². The van der Waals surface area contributed by atoms with Crippen molar-refractivity contribution in [3.63, 3.8) is 0 Å². The number of phenolic OH excluding ortho intramolecular Hbond substituents is 1. The van der Waals surface area contributed by atoms with Crippen LogP contribution >= 0.6 is 0 Å². The van der Waals surface area contributed by atoms with Gasteiger partial charge in [-0.1, -0.05) is 38.1 Å². The number of ketones is 1. The average molecular weight is 300 g/mol. The number of phenols is 1. The van der Waals surface area contributed by atoms with Crippen molar-refractivity contribution in [2.75, 3.05) is 6.61 Å². The molecule has 0 aromatic heterocycles. The molecule has 116 valence electrons. The van der Waals surface area contributed by atoms with E-state index in [1.165, 1.54) is 6.92 Å². The van der Waals surface area contributed by atoms with E-state index in [9.17, 15) is 9.90 Å². The van der Waals surface area contributed by atoms with Crippen LogP contribution in [0.3, 0.4) is 0 Å². The van der Waals surface area contributed by atoms with Crippen LogP contribution in [0.2, 0.25) is 0 Å². The predicted molar refractivity (Wildman–Crippen MR) is 84.5 cm³/mol. The molecule has 3 rings (SSSR count). The minimum Gasteiger partial charge on any atom is -0.507 e. The lowest BCUT2D eigenvalue weighted by molar-refractivity contribution is -0.0742. The number of ether oxygens (including phenoxy) is 2. The monoisotopic (exact) mass is 300 g/mol. The van der Waals surface area contributed by atoms with Crippen LogP contribution in [0, 0.1) is 5.92 Å². The van der Waals surface area contributed by atoms with Crippen molar-refractivity contribution in [2.24, 2.45) is 5.92 Å². The molecule has 22 heavy (non-hydrogen) atoms. The van der Waals surface area contributed by atoms with Gasteiger partial charge >= 0.3 is 0 Å². The highest BCUT2D eigenvalue weighted by molar-refractivity contribution is 6.08. The van der Waals surface area contributed by atoms with Gasteiger partial charge in [0, 0.05) is 22.8 Å². The van der Waals surface area contributed by atoms with E-state index in [-0.39, 0.29) is 11.5 Å². The molecule has 0 saturated heterocycles. The van der Waals surface area contributed by atoms with E-state index < -0.39 is 6.29 Å². The van der Waals surface area contributed by atoms with Gasteiger partial charge in [-0.3, -0.25) is 4.79 Å². The van der Waals surface area contributed by atoms with Crippen molar-refractivity contribution in [2.45, 2.75) is 33.5 Å². The van der Waals surface area contributed by atoms with Gasteiger partial charge in [-0.15, -0.1) is 0 Å². The first-order chi connectivity index (χ1) is 10.5. The van der Waals surface area contributed by atoms with Crippen LogP contribution in [0.15, 0.2) is 24.3 Å².